The summed E-state index contributed by atoms with van der Waals surface area (Å²) in [6.07, 6.45) is 0. The fourth-order valence-electron chi connectivity index (χ4n) is 3.96. The largest absolute Gasteiger partial charge is 0.497 e. The third-order valence-electron chi connectivity index (χ3n) is 5.60. The smallest absolute Gasteiger partial charge is 0.282 e. The second kappa shape index (κ2) is 8.45. The SMILES string of the molecule is COc1ccc(N2C(=O)C(Nc3cccc4ccccc34)=C(c3ccc(Cl)cc3)C2=O)cc1. The first-order chi connectivity index (χ1) is 16.1. The molecule has 1 N–H and O–H groups in total. The van der Waals surface area contributed by atoms with Crippen LogP contribution >= 0.6 is 11.6 Å². The molecule has 0 aliphatic carbocycles. The van der Waals surface area contributed by atoms with E-state index < -0.39 is 11.8 Å². The Morgan fingerprint density at radius 3 is 2.21 bits per heavy atom. The lowest BCUT2D eigenvalue weighted by atomic mass is 10.0. The molecule has 6 heteroatoms. The van der Waals surface area contributed by atoms with E-state index in [-0.39, 0.29) is 5.70 Å². The zero-order valence-corrected chi connectivity index (χ0v) is 18.5. The summed E-state index contributed by atoms with van der Waals surface area (Å²) in [5.74, 6) is -0.198. The Hall–Kier alpha value is -4.09. The monoisotopic (exact) mass is 454 g/mol. The Balaban J connectivity index is 1.63. The molecule has 0 aromatic heterocycles. The van der Waals surface area contributed by atoms with Crippen LogP contribution in [0.4, 0.5) is 11.4 Å². The van der Waals surface area contributed by atoms with Gasteiger partial charge in [0.15, 0.2) is 0 Å². The normalized spacial score (nSPS) is 13.7. The molecular formula is C27H19ClN2O3. The average molecular weight is 455 g/mol. The zero-order valence-electron chi connectivity index (χ0n) is 17.7. The van der Waals surface area contributed by atoms with Crippen LogP contribution in [0.2, 0.25) is 5.02 Å². The number of methoxy groups -OCH3 is 1. The lowest BCUT2D eigenvalue weighted by molar-refractivity contribution is -0.120. The summed E-state index contributed by atoms with van der Waals surface area (Å²) < 4.78 is 5.20. The number of ether oxygens (including phenoxy) is 1. The van der Waals surface area contributed by atoms with E-state index in [0.29, 0.717) is 27.6 Å². The number of carbonyl (C=O) groups excluding carboxylic acids is 2. The number of nitrogens with one attached hydrogen (secondary N) is 1. The molecule has 0 radical (unpaired) electrons. The number of carbonyl (C=O) groups is 2. The van der Waals surface area contributed by atoms with Crippen molar-refractivity contribution in [3.05, 3.63) is 107 Å². The Labute approximate surface area is 195 Å². The maximum absolute atomic E-state index is 13.6. The van der Waals surface area contributed by atoms with Crippen molar-refractivity contribution >= 4 is 51.1 Å². The highest BCUT2D eigenvalue weighted by atomic mass is 35.5. The Morgan fingerprint density at radius 2 is 1.48 bits per heavy atom. The van der Waals surface area contributed by atoms with Crippen LogP contribution < -0.4 is 15.0 Å². The molecule has 33 heavy (non-hydrogen) atoms. The summed E-state index contributed by atoms with van der Waals surface area (Å²) in [7, 11) is 1.56. The number of nitrogens with zero attached hydrogens (tertiary/aromatic N) is 1. The molecule has 2 amide bonds. The van der Waals surface area contributed by atoms with Crippen molar-refractivity contribution in [3.8, 4) is 5.75 Å². The van der Waals surface area contributed by atoms with Crippen LogP contribution in [0.1, 0.15) is 5.56 Å². The molecule has 4 aromatic carbocycles. The zero-order chi connectivity index (χ0) is 22.9. The molecule has 1 aliphatic heterocycles. The fraction of sp³-hybridized carbons (Fsp3) is 0.0370. The molecule has 162 valence electrons. The van der Waals surface area contributed by atoms with Crippen LogP contribution in [-0.4, -0.2) is 18.9 Å². The number of hydrogen-bond donors (Lipinski definition) is 1. The van der Waals surface area contributed by atoms with Gasteiger partial charge >= 0.3 is 0 Å². The number of benzene rings is 4. The van der Waals surface area contributed by atoms with E-state index in [0.717, 1.165) is 16.5 Å². The summed E-state index contributed by atoms with van der Waals surface area (Å²) in [6, 6.07) is 27.4. The van der Waals surface area contributed by atoms with E-state index in [1.54, 1.807) is 55.6 Å². The summed E-state index contributed by atoms with van der Waals surface area (Å²) in [5, 5.41) is 5.79. The molecule has 0 saturated carbocycles. The van der Waals surface area contributed by atoms with Crippen LogP contribution in [-0.2, 0) is 9.59 Å². The van der Waals surface area contributed by atoms with Gasteiger partial charge in [0.25, 0.3) is 11.8 Å². The van der Waals surface area contributed by atoms with Crippen molar-refractivity contribution in [2.75, 3.05) is 17.3 Å². The summed E-state index contributed by atoms with van der Waals surface area (Å²) in [5.41, 5.74) is 2.32. The number of rotatable bonds is 5. The van der Waals surface area contributed by atoms with Crippen LogP contribution in [0.3, 0.4) is 0 Å². The van der Waals surface area contributed by atoms with E-state index in [9.17, 15) is 9.59 Å². The van der Waals surface area contributed by atoms with Gasteiger partial charge in [-0.3, -0.25) is 9.59 Å². The topological polar surface area (TPSA) is 58.6 Å². The van der Waals surface area contributed by atoms with Gasteiger partial charge < -0.3 is 10.1 Å². The van der Waals surface area contributed by atoms with Crippen LogP contribution in [0.15, 0.2) is 96.7 Å². The van der Waals surface area contributed by atoms with Gasteiger partial charge in [-0.25, -0.2) is 4.90 Å². The Morgan fingerprint density at radius 1 is 0.788 bits per heavy atom. The van der Waals surface area contributed by atoms with Crippen molar-refractivity contribution in [2.45, 2.75) is 0 Å². The van der Waals surface area contributed by atoms with Crippen molar-refractivity contribution < 1.29 is 14.3 Å². The van der Waals surface area contributed by atoms with Gasteiger partial charge in [-0.05, 0) is 53.4 Å². The molecule has 0 spiro atoms. The van der Waals surface area contributed by atoms with E-state index in [1.165, 1.54) is 4.90 Å². The second-order valence-corrected chi connectivity index (χ2v) is 7.99. The third kappa shape index (κ3) is 3.73. The van der Waals surface area contributed by atoms with Crippen molar-refractivity contribution in [2.24, 2.45) is 0 Å². The van der Waals surface area contributed by atoms with Gasteiger partial charge in [-0.15, -0.1) is 0 Å². The van der Waals surface area contributed by atoms with Gasteiger partial charge in [-0.1, -0.05) is 60.1 Å². The minimum Gasteiger partial charge on any atom is -0.497 e. The van der Waals surface area contributed by atoms with Crippen molar-refractivity contribution in [3.63, 3.8) is 0 Å². The van der Waals surface area contributed by atoms with Crippen LogP contribution in [0.25, 0.3) is 16.3 Å². The van der Waals surface area contributed by atoms with Crippen molar-refractivity contribution in [1.82, 2.24) is 0 Å². The number of amides is 2. The fourth-order valence-corrected chi connectivity index (χ4v) is 4.09. The maximum atomic E-state index is 13.6. The standard InChI is InChI=1S/C27H19ClN2O3/c1-33-21-15-13-20(14-16-21)30-26(31)24(18-9-11-19(28)12-10-18)25(27(30)32)29-23-8-4-6-17-5-2-3-7-22(17)23/h2-16,29H,1H3. The van der Waals surface area contributed by atoms with E-state index in [2.05, 4.69) is 5.32 Å². The molecule has 5 nitrogen and oxygen atoms in total. The van der Waals surface area contributed by atoms with Gasteiger partial charge in [0.05, 0.1) is 18.4 Å². The lowest BCUT2D eigenvalue weighted by Crippen LogP contribution is -2.32. The minimum absolute atomic E-state index is 0.217. The predicted octanol–water partition coefficient (Wildman–Crippen LogP) is 5.90. The first-order valence-electron chi connectivity index (χ1n) is 10.3. The lowest BCUT2D eigenvalue weighted by Gasteiger charge is -2.16. The maximum Gasteiger partial charge on any atom is 0.282 e. The molecule has 1 aliphatic rings. The summed E-state index contributed by atoms with van der Waals surface area (Å²) >= 11 is 6.06. The van der Waals surface area contributed by atoms with Gasteiger partial charge in [0.1, 0.15) is 11.4 Å². The van der Waals surface area contributed by atoms with Gasteiger partial charge in [0, 0.05) is 16.1 Å². The Bertz CT molecular complexity index is 1400. The molecule has 1 heterocycles. The first kappa shape index (κ1) is 20.8. The second-order valence-electron chi connectivity index (χ2n) is 7.55. The van der Waals surface area contributed by atoms with E-state index in [1.807, 2.05) is 42.5 Å². The molecule has 0 unspecified atom stereocenters. The number of anilines is 2. The number of fused-ring (bicyclic) bond motifs is 1. The molecule has 4 aromatic rings. The van der Waals surface area contributed by atoms with Crippen LogP contribution in [0.5, 0.6) is 5.75 Å². The number of imide groups is 1. The highest BCUT2D eigenvalue weighted by Gasteiger charge is 2.40. The number of halogens is 1. The number of hydrogen-bond acceptors (Lipinski definition) is 4. The van der Waals surface area contributed by atoms with Gasteiger partial charge in [0.2, 0.25) is 0 Å². The van der Waals surface area contributed by atoms with E-state index >= 15 is 0 Å². The van der Waals surface area contributed by atoms with Crippen molar-refractivity contribution in [1.29, 1.82) is 0 Å². The molecule has 0 atom stereocenters. The summed E-state index contributed by atoms with van der Waals surface area (Å²) in [4.78, 5) is 28.3. The molecule has 5 rings (SSSR count). The van der Waals surface area contributed by atoms with Crippen LogP contribution in [0, 0.1) is 0 Å². The predicted molar refractivity (Wildman–Crippen MR) is 131 cm³/mol. The third-order valence-corrected chi connectivity index (χ3v) is 5.85. The molecular weight excluding hydrogens is 436 g/mol. The molecule has 0 bridgehead atoms. The highest BCUT2D eigenvalue weighted by Crippen LogP contribution is 2.36. The Kier molecular flexibility index (Phi) is 5.32. The average Bonchev–Trinajstić information content (AvgIpc) is 3.09. The minimum atomic E-state index is -0.428. The first-order valence-corrected chi connectivity index (χ1v) is 10.7. The van der Waals surface area contributed by atoms with E-state index in [4.69, 9.17) is 16.3 Å². The highest BCUT2D eigenvalue weighted by molar-refractivity contribution is 6.46. The summed E-state index contributed by atoms with van der Waals surface area (Å²) in [6.45, 7) is 0. The molecule has 0 saturated heterocycles. The molecule has 0 fully saturated rings. The quantitative estimate of drug-likeness (QED) is 0.381. The van der Waals surface area contributed by atoms with Gasteiger partial charge in [-0.2, -0.15) is 0 Å².